The first kappa shape index (κ1) is 26.0. The molecule has 0 aliphatic heterocycles. The molecule has 0 bridgehead atoms. The molecule has 0 saturated heterocycles. The van der Waals surface area contributed by atoms with E-state index in [0.717, 1.165) is 5.57 Å². The van der Waals surface area contributed by atoms with Gasteiger partial charge >= 0.3 is 11.9 Å². The molecule has 6 unspecified atom stereocenters. The number of esters is 2. The second kappa shape index (κ2) is 10.6. The van der Waals surface area contributed by atoms with Gasteiger partial charge in [-0.2, -0.15) is 0 Å². The van der Waals surface area contributed by atoms with Crippen LogP contribution in [0.1, 0.15) is 74.1 Å². The summed E-state index contributed by atoms with van der Waals surface area (Å²) in [5.74, 6) is -1.20. The van der Waals surface area contributed by atoms with Crippen molar-refractivity contribution in [3.8, 4) is 0 Å². The van der Waals surface area contributed by atoms with Crippen LogP contribution in [0, 0.1) is 17.3 Å². The molecule has 2 rings (SSSR count). The zero-order valence-corrected chi connectivity index (χ0v) is 20.4. The number of carbonyl (C=O) groups excluding carboxylic acids is 3. The average molecular weight is 447 g/mol. The quantitative estimate of drug-likeness (QED) is 0.478. The number of ether oxygens (including phenoxy) is 2. The Morgan fingerprint density at radius 1 is 1.25 bits per heavy atom. The Bertz CT molecular complexity index is 831. The minimum absolute atomic E-state index is 0.0205. The van der Waals surface area contributed by atoms with E-state index in [-0.39, 0.29) is 29.1 Å². The van der Waals surface area contributed by atoms with Crippen LogP contribution in [0.25, 0.3) is 0 Å². The summed E-state index contributed by atoms with van der Waals surface area (Å²) >= 11 is 0. The molecule has 0 radical (unpaired) electrons. The van der Waals surface area contributed by atoms with E-state index in [1.807, 2.05) is 27.7 Å². The van der Waals surface area contributed by atoms with Gasteiger partial charge in [0, 0.05) is 11.6 Å². The number of ketones is 1. The van der Waals surface area contributed by atoms with Crippen molar-refractivity contribution >= 4 is 17.7 Å². The molecule has 0 heterocycles. The summed E-state index contributed by atoms with van der Waals surface area (Å²) in [5, 5.41) is 10.7. The molecule has 0 aromatic rings. The summed E-state index contributed by atoms with van der Waals surface area (Å²) in [7, 11) is 0. The second-order valence-corrected chi connectivity index (χ2v) is 9.60. The SMILES string of the molecule is CC=C(C)C(=O)OC(C=CC(=O)OC1CCC2C(O)C(=O)C(=C(C)C)CC2(C)C1C)CC. The van der Waals surface area contributed by atoms with Gasteiger partial charge in [0.2, 0.25) is 0 Å². The van der Waals surface area contributed by atoms with Gasteiger partial charge in [-0.3, -0.25) is 4.79 Å². The first-order valence-electron chi connectivity index (χ1n) is 11.6. The molecule has 0 spiro atoms. The predicted molar refractivity (Wildman–Crippen MR) is 123 cm³/mol. The van der Waals surface area contributed by atoms with Crippen molar-refractivity contribution in [3.63, 3.8) is 0 Å². The topological polar surface area (TPSA) is 89.9 Å². The fraction of sp³-hybridized carbons (Fsp3) is 0.654. The molecular formula is C26H38O6. The molecule has 1 N–H and O–H groups in total. The van der Waals surface area contributed by atoms with Gasteiger partial charge in [0.1, 0.15) is 18.3 Å². The maximum absolute atomic E-state index is 12.6. The Balaban J connectivity index is 2.08. The smallest absolute Gasteiger partial charge is 0.333 e. The highest BCUT2D eigenvalue weighted by molar-refractivity contribution is 6.00. The van der Waals surface area contributed by atoms with Gasteiger partial charge in [-0.1, -0.05) is 32.4 Å². The molecule has 2 saturated carbocycles. The van der Waals surface area contributed by atoms with Gasteiger partial charge in [0.15, 0.2) is 5.78 Å². The molecular weight excluding hydrogens is 408 g/mol. The normalized spacial score (nSPS) is 31.8. The number of fused-ring (bicyclic) bond motifs is 1. The second-order valence-electron chi connectivity index (χ2n) is 9.60. The fourth-order valence-corrected chi connectivity index (χ4v) is 4.89. The summed E-state index contributed by atoms with van der Waals surface area (Å²) in [6.45, 7) is 13.2. The third-order valence-corrected chi connectivity index (χ3v) is 7.45. The van der Waals surface area contributed by atoms with Gasteiger partial charge in [-0.15, -0.1) is 0 Å². The van der Waals surface area contributed by atoms with E-state index >= 15 is 0 Å². The van der Waals surface area contributed by atoms with E-state index < -0.39 is 24.1 Å². The zero-order valence-electron chi connectivity index (χ0n) is 20.4. The van der Waals surface area contributed by atoms with Crippen LogP contribution in [0.15, 0.2) is 34.9 Å². The van der Waals surface area contributed by atoms with Gasteiger partial charge in [-0.25, -0.2) is 9.59 Å². The Kier molecular flexibility index (Phi) is 8.63. The molecule has 0 amide bonds. The number of rotatable bonds is 6. The Hall–Kier alpha value is -2.21. The van der Waals surface area contributed by atoms with Crippen LogP contribution in [0.5, 0.6) is 0 Å². The first-order valence-corrected chi connectivity index (χ1v) is 11.6. The van der Waals surface area contributed by atoms with Gasteiger partial charge in [0.05, 0.1) is 0 Å². The van der Waals surface area contributed by atoms with E-state index in [1.54, 1.807) is 26.0 Å². The summed E-state index contributed by atoms with van der Waals surface area (Å²) in [6, 6.07) is 0. The lowest BCUT2D eigenvalue weighted by atomic mass is 9.53. The lowest BCUT2D eigenvalue weighted by Crippen LogP contribution is -2.55. The van der Waals surface area contributed by atoms with Crippen molar-refractivity contribution in [2.24, 2.45) is 17.3 Å². The van der Waals surface area contributed by atoms with Crippen LogP contribution in [0.3, 0.4) is 0 Å². The molecule has 0 aromatic carbocycles. The lowest BCUT2D eigenvalue weighted by Gasteiger charge is -2.53. The summed E-state index contributed by atoms with van der Waals surface area (Å²) in [4.78, 5) is 37.1. The predicted octanol–water partition coefficient (Wildman–Crippen LogP) is 4.46. The van der Waals surface area contributed by atoms with Crippen molar-refractivity contribution in [3.05, 3.63) is 34.9 Å². The first-order chi connectivity index (χ1) is 15.0. The number of allylic oxidation sites excluding steroid dienone is 2. The van der Waals surface area contributed by atoms with E-state index in [2.05, 4.69) is 6.92 Å². The van der Waals surface area contributed by atoms with Gasteiger partial charge in [0.25, 0.3) is 0 Å². The average Bonchev–Trinajstić information content (AvgIpc) is 2.75. The van der Waals surface area contributed by atoms with Crippen LogP contribution < -0.4 is 0 Å². The number of Topliss-reactive ketones (excluding diaryl/α,β-unsaturated/α-hetero) is 1. The zero-order chi connectivity index (χ0) is 24.2. The molecule has 6 heteroatoms. The van der Waals surface area contributed by atoms with Crippen LogP contribution in [0.2, 0.25) is 0 Å². The highest BCUT2D eigenvalue weighted by atomic mass is 16.5. The van der Waals surface area contributed by atoms with Gasteiger partial charge < -0.3 is 14.6 Å². The van der Waals surface area contributed by atoms with Crippen LogP contribution in [-0.4, -0.2) is 41.1 Å². The molecule has 32 heavy (non-hydrogen) atoms. The summed E-state index contributed by atoms with van der Waals surface area (Å²) < 4.78 is 11.2. The lowest BCUT2D eigenvalue weighted by molar-refractivity contribution is -0.164. The Labute approximate surface area is 191 Å². The molecule has 2 aliphatic carbocycles. The highest BCUT2D eigenvalue weighted by Crippen LogP contribution is 2.54. The summed E-state index contributed by atoms with van der Waals surface area (Å²) in [6.07, 6.45) is 5.11. The van der Waals surface area contributed by atoms with Crippen molar-refractivity contribution < 1.29 is 29.0 Å². The van der Waals surface area contributed by atoms with Gasteiger partial charge in [-0.05, 0) is 82.3 Å². The molecule has 6 nitrogen and oxygen atoms in total. The minimum Gasteiger partial charge on any atom is -0.459 e. The van der Waals surface area contributed by atoms with Crippen LogP contribution in [-0.2, 0) is 23.9 Å². The van der Waals surface area contributed by atoms with Crippen molar-refractivity contribution in [2.75, 3.05) is 0 Å². The number of aliphatic hydroxyl groups is 1. The Morgan fingerprint density at radius 3 is 2.47 bits per heavy atom. The maximum atomic E-state index is 12.6. The molecule has 178 valence electrons. The largest absolute Gasteiger partial charge is 0.459 e. The fourth-order valence-electron chi connectivity index (χ4n) is 4.89. The third kappa shape index (κ3) is 5.40. The standard InChI is InChI=1S/C26H38O6/c1-8-16(5)25(30)31-18(9-2)10-13-22(27)32-21-12-11-20-24(29)23(28)19(15(3)4)14-26(20,7)17(21)6/h8,10,13,17-18,20-21,24,29H,9,11-12,14H2,1-7H3. The third-order valence-electron chi connectivity index (χ3n) is 7.45. The van der Waals surface area contributed by atoms with Crippen LogP contribution in [0.4, 0.5) is 0 Å². The van der Waals surface area contributed by atoms with E-state index in [4.69, 9.17) is 9.47 Å². The number of carbonyl (C=O) groups is 3. The molecule has 2 aliphatic rings. The summed E-state index contributed by atoms with van der Waals surface area (Å²) in [5.41, 5.74) is 1.80. The number of hydrogen-bond donors (Lipinski definition) is 1. The molecule has 2 fully saturated rings. The van der Waals surface area contributed by atoms with E-state index in [9.17, 15) is 19.5 Å². The highest BCUT2D eigenvalue weighted by Gasteiger charge is 2.55. The maximum Gasteiger partial charge on any atom is 0.333 e. The van der Waals surface area contributed by atoms with Crippen molar-refractivity contribution in [1.82, 2.24) is 0 Å². The molecule has 6 atom stereocenters. The number of aliphatic hydroxyl groups excluding tert-OH is 1. The minimum atomic E-state index is -1.00. The number of hydrogen-bond acceptors (Lipinski definition) is 6. The van der Waals surface area contributed by atoms with E-state index in [1.165, 1.54) is 6.08 Å². The van der Waals surface area contributed by atoms with Crippen LogP contribution >= 0.6 is 0 Å². The Morgan fingerprint density at radius 2 is 1.91 bits per heavy atom. The van der Waals surface area contributed by atoms with Crippen molar-refractivity contribution in [1.29, 1.82) is 0 Å². The monoisotopic (exact) mass is 446 g/mol. The van der Waals surface area contributed by atoms with E-state index in [0.29, 0.717) is 36.8 Å². The van der Waals surface area contributed by atoms with Crippen molar-refractivity contribution in [2.45, 2.75) is 92.5 Å². The molecule has 0 aromatic heterocycles.